The second-order valence-corrected chi connectivity index (χ2v) is 6.78. The van der Waals surface area contributed by atoms with E-state index in [1.807, 2.05) is 13.8 Å². The highest BCUT2D eigenvalue weighted by Crippen LogP contribution is 2.22. The molecule has 1 saturated heterocycles. The second kappa shape index (κ2) is 5.27. The maximum atomic E-state index is 11.9. The molecular weight excluding hydrogens is 212 g/mol. The minimum atomic E-state index is -3.02. The Kier molecular flexibility index (Phi) is 4.55. The first kappa shape index (κ1) is 12.9. The lowest BCUT2D eigenvalue weighted by molar-refractivity contribution is 0.444. The Morgan fingerprint density at radius 2 is 2.13 bits per heavy atom. The van der Waals surface area contributed by atoms with E-state index in [9.17, 15) is 8.42 Å². The van der Waals surface area contributed by atoms with Crippen LogP contribution in [0.5, 0.6) is 0 Å². The molecule has 0 spiro atoms. The van der Waals surface area contributed by atoms with Gasteiger partial charge in [0.2, 0.25) is 10.0 Å². The molecule has 1 rings (SSSR count). The van der Waals surface area contributed by atoms with Gasteiger partial charge in [-0.25, -0.2) is 12.7 Å². The van der Waals surface area contributed by atoms with E-state index in [0.29, 0.717) is 25.6 Å². The lowest BCUT2D eigenvalue weighted by atomic mass is 10.1. The highest BCUT2D eigenvalue weighted by atomic mass is 32.2. The average Bonchev–Trinajstić information content (AvgIpc) is 2.51. The molecule has 0 saturated carbocycles. The predicted octanol–water partition coefficient (Wildman–Crippen LogP) is 0.643. The molecule has 1 heterocycles. The molecule has 1 fully saturated rings. The van der Waals surface area contributed by atoms with Gasteiger partial charge >= 0.3 is 0 Å². The molecule has 0 aromatic heterocycles. The third kappa shape index (κ3) is 3.74. The molecule has 0 radical (unpaired) electrons. The van der Waals surface area contributed by atoms with Gasteiger partial charge in [-0.2, -0.15) is 0 Å². The van der Waals surface area contributed by atoms with Crippen molar-refractivity contribution >= 4 is 10.0 Å². The minimum absolute atomic E-state index is 0.198. The maximum absolute atomic E-state index is 11.9. The molecule has 4 nitrogen and oxygen atoms in total. The van der Waals surface area contributed by atoms with Crippen molar-refractivity contribution in [3.8, 4) is 0 Å². The lowest BCUT2D eigenvalue weighted by Gasteiger charge is -2.17. The first-order valence-electron chi connectivity index (χ1n) is 5.63. The molecule has 1 atom stereocenters. The van der Waals surface area contributed by atoms with Crippen molar-refractivity contribution in [2.75, 3.05) is 25.4 Å². The second-order valence-electron chi connectivity index (χ2n) is 4.76. The topological polar surface area (TPSA) is 63.4 Å². The van der Waals surface area contributed by atoms with Gasteiger partial charge in [0.1, 0.15) is 0 Å². The summed E-state index contributed by atoms with van der Waals surface area (Å²) in [7, 11) is -3.02. The van der Waals surface area contributed by atoms with Crippen molar-refractivity contribution in [3.05, 3.63) is 0 Å². The Morgan fingerprint density at radius 1 is 1.47 bits per heavy atom. The fourth-order valence-corrected chi connectivity index (χ4v) is 3.92. The SMILES string of the molecule is CC(C)CS(=O)(=O)N1CCC(CCN)C1. The summed E-state index contributed by atoms with van der Waals surface area (Å²) in [6.07, 6.45) is 1.90. The Bertz CT molecular complexity index is 288. The summed E-state index contributed by atoms with van der Waals surface area (Å²) in [4.78, 5) is 0. The maximum Gasteiger partial charge on any atom is 0.214 e. The molecule has 0 aromatic carbocycles. The highest BCUT2D eigenvalue weighted by molar-refractivity contribution is 7.89. The van der Waals surface area contributed by atoms with Gasteiger partial charge in [-0.05, 0) is 31.2 Å². The van der Waals surface area contributed by atoms with Crippen LogP contribution in [0.25, 0.3) is 0 Å². The summed E-state index contributed by atoms with van der Waals surface area (Å²) >= 11 is 0. The van der Waals surface area contributed by atoms with Crippen LogP contribution in [0, 0.1) is 11.8 Å². The Hall–Kier alpha value is -0.130. The molecule has 2 N–H and O–H groups in total. The lowest BCUT2D eigenvalue weighted by Crippen LogP contribution is -2.32. The fourth-order valence-electron chi connectivity index (χ4n) is 2.05. The molecule has 1 aliphatic rings. The van der Waals surface area contributed by atoms with Gasteiger partial charge in [0.25, 0.3) is 0 Å². The molecule has 5 heteroatoms. The van der Waals surface area contributed by atoms with Crippen LogP contribution < -0.4 is 5.73 Å². The standard InChI is InChI=1S/C10H22N2O2S/c1-9(2)8-15(13,14)12-6-4-10(7-12)3-5-11/h9-10H,3-8,11H2,1-2H3. The van der Waals surface area contributed by atoms with Crippen LogP contribution in [0.3, 0.4) is 0 Å². The Balaban J connectivity index is 2.52. The fraction of sp³-hybridized carbons (Fsp3) is 1.00. The Morgan fingerprint density at radius 3 is 2.67 bits per heavy atom. The van der Waals surface area contributed by atoms with Gasteiger partial charge in [-0.3, -0.25) is 0 Å². The van der Waals surface area contributed by atoms with Gasteiger partial charge in [-0.15, -0.1) is 0 Å². The number of sulfonamides is 1. The van der Waals surface area contributed by atoms with Crippen molar-refractivity contribution in [1.29, 1.82) is 0 Å². The van der Waals surface area contributed by atoms with E-state index in [1.165, 1.54) is 0 Å². The summed E-state index contributed by atoms with van der Waals surface area (Å²) in [5.74, 6) is 0.933. The summed E-state index contributed by atoms with van der Waals surface area (Å²) in [5.41, 5.74) is 5.48. The van der Waals surface area contributed by atoms with Gasteiger partial charge in [0, 0.05) is 13.1 Å². The molecule has 0 aromatic rings. The van der Waals surface area contributed by atoms with Crippen molar-refractivity contribution in [2.24, 2.45) is 17.6 Å². The van der Waals surface area contributed by atoms with E-state index in [0.717, 1.165) is 12.8 Å². The highest BCUT2D eigenvalue weighted by Gasteiger charge is 2.30. The van der Waals surface area contributed by atoms with Crippen LogP contribution in [-0.4, -0.2) is 38.1 Å². The summed E-state index contributed by atoms with van der Waals surface area (Å²) in [6, 6.07) is 0. The number of hydrogen-bond acceptors (Lipinski definition) is 3. The molecule has 15 heavy (non-hydrogen) atoms. The molecule has 1 aliphatic heterocycles. The molecule has 0 aliphatic carbocycles. The first-order chi connectivity index (χ1) is 6.95. The van der Waals surface area contributed by atoms with E-state index in [2.05, 4.69) is 0 Å². The zero-order valence-corrected chi connectivity index (χ0v) is 10.5. The van der Waals surface area contributed by atoms with Crippen LogP contribution in [0.2, 0.25) is 0 Å². The van der Waals surface area contributed by atoms with Gasteiger partial charge in [0.05, 0.1) is 5.75 Å². The van der Waals surface area contributed by atoms with Gasteiger partial charge < -0.3 is 5.73 Å². The zero-order valence-electron chi connectivity index (χ0n) is 9.65. The Labute approximate surface area is 92.9 Å². The van der Waals surface area contributed by atoms with Crippen LogP contribution in [0.1, 0.15) is 26.7 Å². The zero-order chi connectivity index (χ0) is 11.5. The molecule has 1 unspecified atom stereocenters. The number of nitrogens with two attached hydrogens (primary N) is 1. The third-order valence-corrected chi connectivity index (χ3v) is 4.97. The van der Waals surface area contributed by atoms with E-state index in [1.54, 1.807) is 4.31 Å². The van der Waals surface area contributed by atoms with E-state index in [4.69, 9.17) is 5.73 Å². The first-order valence-corrected chi connectivity index (χ1v) is 7.24. The van der Waals surface area contributed by atoms with E-state index in [-0.39, 0.29) is 11.7 Å². The minimum Gasteiger partial charge on any atom is -0.330 e. The molecule has 90 valence electrons. The normalized spacial score (nSPS) is 23.9. The summed E-state index contributed by atoms with van der Waals surface area (Å²) in [6.45, 7) is 5.88. The number of nitrogens with zero attached hydrogens (tertiary/aromatic N) is 1. The smallest absolute Gasteiger partial charge is 0.214 e. The summed E-state index contributed by atoms with van der Waals surface area (Å²) in [5, 5.41) is 0. The van der Waals surface area contributed by atoms with Crippen molar-refractivity contribution in [2.45, 2.75) is 26.7 Å². The van der Waals surface area contributed by atoms with Gasteiger partial charge in [0.15, 0.2) is 0 Å². The van der Waals surface area contributed by atoms with E-state index < -0.39 is 10.0 Å². The van der Waals surface area contributed by atoms with Crippen molar-refractivity contribution in [3.63, 3.8) is 0 Å². The van der Waals surface area contributed by atoms with Gasteiger partial charge in [-0.1, -0.05) is 13.8 Å². The monoisotopic (exact) mass is 234 g/mol. The summed E-state index contributed by atoms with van der Waals surface area (Å²) < 4.78 is 25.4. The number of rotatable bonds is 5. The van der Waals surface area contributed by atoms with Crippen LogP contribution >= 0.6 is 0 Å². The number of hydrogen-bond donors (Lipinski definition) is 1. The molecule has 0 bridgehead atoms. The molecule has 0 amide bonds. The van der Waals surface area contributed by atoms with Crippen LogP contribution in [0.15, 0.2) is 0 Å². The van der Waals surface area contributed by atoms with Crippen molar-refractivity contribution in [1.82, 2.24) is 4.31 Å². The largest absolute Gasteiger partial charge is 0.330 e. The van der Waals surface area contributed by atoms with Crippen LogP contribution in [0.4, 0.5) is 0 Å². The molecular formula is C10H22N2O2S. The predicted molar refractivity (Wildman–Crippen MR) is 62.0 cm³/mol. The van der Waals surface area contributed by atoms with Crippen molar-refractivity contribution < 1.29 is 8.42 Å². The average molecular weight is 234 g/mol. The van der Waals surface area contributed by atoms with E-state index >= 15 is 0 Å². The van der Waals surface area contributed by atoms with Crippen LogP contribution in [-0.2, 0) is 10.0 Å². The third-order valence-electron chi connectivity index (χ3n) is 2.76. The quantitative estimate of drug-likeness (QED) is 0.759.